The van der Waals surface area contributed by atoms with E-state index < -0.39 is 0 Å². The highest BCUT2D eigenvalue weighted by atomic mass is 19.1. The fourth-order valence-electron chi connectivity index (χ4n) is 1.14. The van der Waals surface area contributed by atoms with E-state index in [1.165, 1.54) is 6.07 Å². The maximum absolute atomic E-state index is 12.9. The van der Waals surface area contributed by atoms with Gasteiger partial charge in [0.25, 0.3) is 0 Å². The van der Waals surface area contributed by atoms with Crippen LogP contribution in [0.3, 0.4) is 0 Å². The van der Waals surface area contributed by atoms with Gasteiger partial charge in [-0.3, -0.25) is 0 Å². The molecule has 0 spiro atoms. The van der Waals surface area contributed by atoms with E-state index in [9.17, 15) is 4.39 Å². The lowest BCUT2D eigenvalue weighted by Crippen LogP contribution is -2.11. The first-order chi connectivity index (χ1) is 7.27. The number of nitrogens with one attached hydrogen (secondary N) is 1. The summed E-state index contributed by atoms with van der Waals surface area (Å²) in [6, 6.07) is 1.41. The van der Waals surface area contributed by atoms with Gasteiger partial charge in [-0.1, -0.05) is 0 Å². The second-order valence-electron chi connectivity index (χ2n) is 2.99. The molecule has 84 valence electrons. The third kappa shape index (κ3) is 3.81. The van der Waals surface area contributed by atoms with Crippen LogP contribution in [0.4, 0.5) is 4.39 Å². The quantitative estimate of drug-likeness (QED) is 0.716. The highest BCUT2D eigenvalue weighted by molar-refractivity contribution is 5.25. The van der Waals surface area contributed by atoms with Crippen LogP contribution in [0.25, 0.3) is 0 Å². The molecule has 5 heteroatoms. The molecule has 15 heavy (non-hydrogen) atoms. The summed E-state index contributed by atoms with van der Waals surface area (Å²) in [6.07, 6.45) is 1.14. The van der Waals surface area contributed by atoms with Crippen molar-refractivity contribution in [3.8, 4) is 5.88 Å². The molecule has 0 saturated carbocycles. The summed E-state index contributed by atoms with van der Waals surface area (Å²) >= 11 is 0. The molecule has 0 fully saturated rings. The third-order valence-electron chi connectivity index (χ3n) is 1.79. The van der Waals surface area contributed by atoms with Gasteiger partial charge in [0.05, 0.1) is 12.8 Å². The first-order valence-corrected chi connectivity index (χ1v) is 4.68. The van der Waals surface area contributed by atoms with Crippen LogP contribution in [0.15, 0.2) is 12.3 Å². The maximum atomic E-state index is 12.9. The van der Waals surface area contributed by atoms with E-state index in [4.69, 9.17) is 9.47 Å². The zero-order valence-corrected chi connectivity index (χ0v) is 8.92. The summed E-state index contributed by atoms with van der Waals surface area (Å²) in [5.74, 6) is 0.0853. The Bertz CT molecular complexity index is 307. The van der Waals surface area contributed by atoms with E-state index in [1.807, 2.05) is 0 Å². The number of hydrogen-bond acceptors (Lipinski definition) is 4. The average Bonchev–Trinajstić information content (AvgIpc) is 2.22. The van der Waals surface area contributed by atoms with Crippen molar-refractivity contribution in [3.63, 3.8) is 0 Å². The lowest BCUT2D eigenvalue weighted by Gasteiger charge is -2.09. The molecule has 1 heterocycles. The monoisotopic (exact) mass is 214 g/mol. The van der Waals surface area contributed by atoms with Crippen molar-refractivity contribution in [1.29, 1.82) is 0 Å². The van der Waals surface area contributed by atoms with Gasteiger partial charge in [0.2, 0.25) is 5.88 Å². The number of methoxy groups -OCH3 is 1. The summed E-state index contributed by atoms with van der Waals surface area (Å²) in [4.78, 5) is 3.88. The van der Waals surface area contributed by atoms with Crippen LogP contribution in [0.1, 0.15) is 5.56 Å². The summed E-state index contributed by atoms with van der Waals surface area (Å²) < 4.78 is 23.1. The molecule has 0 aliphatic rings. The highest BCUT2D eigenvalue weighted by Crippen LogP contribution is 2.15. The Kier molecular flexibility index (Phi) is 5.00. The minimum atomic E-state index is -0.362. The highest BCUT2D eigenvalue weighted by Gasteiger charge is 2.06. The van der Waals surface area contributed by atoms with Gasteiger partial charge in [-0.2, -0.15) is 0 Å². The minimum Gasteiger partial charge on any atom is -0.475 e. The molecule has 0 unspecified atom stereocenters. The van der Waals surface area contributed by atoms with E-state index in [0.29, 0.717) is 31.2 Å². The molecular formula is C10H15FN2O2. The Morgan fingerprint density at radius 1 is 1.47 bits per heavy atom. The van der Waals surface area contributed by atoms with Gasteiger partial charge in [0, 0.05) is 19.2 Å². The van der Waals surface area contributed by atoms with Gasteiger partial charge in [-0.05, 0) is 13.1 Å². The Morgan fingerprint density at radius 2 is 2.27 bits per heavy atom. The molecule has 4 nitrogen and oxygen atoms in total. The number of ether oxygens (including phenoxy) is 2. The summed E-state index contributed by atoms with van der Waals surface area (Å²) in [6.45, 7) is 1.41. The third-order valence-corrected chi connectivity index (χ3v) is 1.79. The smallest absolute Gasteiger partial charge is 0.218 e. The Labute approximate surface area is 88.4 Å². The van der Waals surface area contributed by atoms with Crippen molar-refractivity contribution in [1.82, 2.24) is 10.3 Å². The molecule has 0 atom stereocenters. The molecule has 0 bridgehead atoms. The second-order valence-corrected chi connectivity index (χ2v) is 2.99. The van der Waals surface area contributed by atoms with Gasteiger partial charge in [-0.25, -0.2) is 9.37 Å². The molecule has 1 rings (SSSR count). The molecule has 0 amide bonds. The lowest BCUT2D eigenvalue weighted by atomic mass is 10.2. The van der Waals surface area contributed by atoms with Crippen LogP contribution < -0.4 is 10.1 Å². The second kappa shape index (κ2) is 6.31. The van der Waals surface area contributed by atoms with Crippen molar-refractivity contribution in [2.24, 2.45) is 0 Å². The van der Waals surface area contributed by atoms with Crippen molar-refractivity contribution in [2.45, 2.75) is 6.54 Å². The number of nitrogens with zero attached hydrogens (tertiary/aromatic N) is 1. The first-order valence-electron chi connectivity index (χ1n) is 4.68. The molecule has 1 aromatic rings. The van der Waals surface area contributed by atoms with Gasteiger partial charge >= 0.3 is 0 Å². The lowest BCUT2D eigenvalue weighted by molar-refractivity contribution is 0.143. The van der Waals surface area contributed by atoms with Crippen LogP contribution in [0, 0.1) is 5.82 Å². The van der Waals surface area contributed by atoms with Crippen LogP contribution in [-0.4, -0.2) is 32.4 Å². The normalized spacial score (nSPS) is 10.3. The van der Waals surface area contributed by atoms with Crippen LogP contribution in [0.2, 0.25) is 0 Å². The minimum absolute atomic E-state index is 0.362. The van der Waals surface area contributed by atoms with Gasteiger partial charge in [0.1, 0.15) is 12.4 Å². The largest absolute Gasteiger partial charge is 0.475 e. The number of halogens is 1. The molecule has 0 aliphatic carbocycles. The predicted molar refractivity (Wildman–Crippen MR) is 54.3 cm³/mol. The van der Waals surface area contributed by atoms with Gasteiger partial charge in [-0.15, -0.1) is 0 Å². The standard InChI is InChI=1S/C10H15FN2O2/c1-12-6-8-5-9(11)7-13-10(8)15-4-3-14-2/h5,7,12H,3-4,6H2,1-2H3. The zero-order chi connectivity index (χ0) is 11.1. The van der Waals surface area contributed by atoms with E-state index in [-0.39, 0.29) is 5.82 Å². The molecule has 1 N–H and O–H groups in total. The SMILES string of the molecule is CNCc1cc(F)cnc1OCCOC. The molecule has 1 aromatic heterocycles. The van der Waals surface area contributed by atoms with E-state index in [0.717, 1.165) is 6.20 Å². The van der Waals surface area contributed by atoms with Gasteiger partial charge in [0.15, 0.2) is 0 Å². The zero-order valence-electron chi connectivity index (χ0n) is 8.92. The Hall–Kier alpha value is -1.20. The number of pyridine rings is 1. The number of rotatable bonds is 6. The predicted octanol–water partition coefficient (Wildman–Crippen LogP) is 0.965. The van der Waals surface area contributed by atoms with E-state index in [1.54, 1.807) is 14.2 Å². The fourth-order valence-corrected chi connectivity index (χ4v) is 1.14. The topological polar surface area (TPSA) is 43.4 Å². The Balaban J connectivity index is 2.67. The van der Waals surface area contributed by atoms with Crippen molar-refractivity contribution in [2.75, 3.05) is 27.4 Å². The maximum Gasteiger partial charge on any atom is 0.218 e. The average molecular weight is 214 g/mol. The molecule has 0 saturated heterocycles. The van der Waals surface area contributed by atoms with Crippen molar-refractivity contribution >= 4 is 0 Å². The van der Waals surface area contributed by atoms with Gasteiger partial charge < -0.3 is 14.8 Å². The van der Waals surface area contributed by atoms with E-state index in [2.05, 4.69) is 10.3 Å². The van der Waals surface area contributed by atoms with Crippen LogP contribution in [0.5, 0.6) is 5.88 Å². The number of aromatic nitrogens is 1. The first kappa shape index (κ1) is 11.9. The van der Waals surface area contributed by atoms with Crippen LogP contribution in [-0.2, 0) is 11.3 Å². The number of hydrogen-bond donors (Lipinski definition) is 1. The van der Waals surface area contributed by atoms with Crippen molar-refractivity contribution in [3.05, 3.63) is 23.6 Å². The molecule has 0 aromatic carbocycles. The summed E-state index contributed by atoms with van der Waals surface area (Å²) in [5.41, 5.74) is 0.702. The molecular weight excluding hydrogens is 199 g/mol. The molecule has 0 aliphatic heterocycles. The van der Waals surface area contributed by atoms with Crippen molar-refractivity contribution < 1.29 is 13.9 Å². The fraction of sp³-hybridized carbons (Fsp3) is 0.500. The van der Waals surface area contributed by atoms with E-state index >= 15 is 0 Å². The Morgan fingerprint density at radius 3 is 2.93 bits per heavy atom. The summed E-state index contributed by atoms with van der Waals surface area (Å²) in [7, 11) is 3.37. The van der Waals surface area contributed by atoms with Crippen LogP contribution >= 0.6 is 0 Å². The summed E-state index contributed by atoms with van der Waals surface area (Å²) in [5, 5.41) is 2.92. The molecule has 0 radical (unpaired) electrons.